The fourth-order valence-corrected chi connectivity index (χ4v) is 3.56. The number of aliphatic hydroxyl groups excluding tert-OH is 1. The molecule has 0 spiro atoms. The second-order valence-corrected chi connectivity index (χ2v) is 6.27. The predicted octanol–water partition coefficient (Wildman–Crippen LogP) is 0.471. The third-order valence-electron chi connectivity index (χ3n) is 2.84. The Bertz CT molecular complexity index is 619. The van der Waals surface area contributed by atoms with E-state index in [2.05, 4.69) is 16.8 Å². The Hall–Kier alpha value is -1.46. The van der Waals surface area contributed by atoms with Gasteiger partial charge in [0.2, 0.25) is 10.0 Å². The Morgan fingerprint density at radius 3 is 2.76 bits per heavy atom. The molecule has 1 atom stereocenters. The minimum absolute atomic E-state index is 0.0806. The van der Waals surface area contributed by atoms with E-state index in [1.54, 1.807) is 13.8 Å². The fraction of sp³-hybridized carbons (Fsp3) is 0.500. The number of likely N-dealkylation sites (N-methyl/N-ethyl adjacent to an activating group) is 1. The van der Waals surface area contributed by atoms with Gasteiger partial charge in [-0.2, -0.15) is 4.31 Å². The zero-order valence-electron chi connectivity index (χ0n) is 12.4. The molecule has 1 unspecified atom stereocenters. The van der Waals surface area contributed by atoms with E-state index in [1.165, 1.54) is 29.9 Å². The first-order valence-corrected chi connectivity index (χ1v) is 7.97. The molecule has 7 heteroatoms. The van der Waals surface area contributed by atoms with Crippen LogP contribution in [0.1, 0.15) is 19.4 Å². The second-order valence-electron chi connectivity index (χ2n) is 4.38. The zero-order valence-corrected chi connectivity index (χ0v) is 13.2. The molecular weight excluding hydrogens is 292 g/mol. The van der Waals surface area contributed by atoms with Gasteiger partial charge in [-0.15, -0.1) is 0 Å². The lowest BCUT2D eigenvalue weighted by Crippen LogP contribution is -2.40. The number of aromatic nitrogens is 1. The lowest BCUT2D eigenvalue weighted by Gasteiger charge is -2.26. The second kappa shape index (κ2) is 8.10. The van der Waals surface area contributed by atoms with Gasteiger partial charge in [0, 0.05) is 37.7 Å². The highest BCUT2D eigenvalue weighted by Crippen LogP contribution is 2.18. The van der Waals surface area contributed by atoms with Crippen LogP contribution in [0.25, 0.3) is 0 Å². The van der Waals surface area contributed by atoms with Gasteiger partial charge in [0.15, 0.2) is 0 Å². The van der Waals surface area contributed by atoms with Crippen molar-refractivity contribution in [2.75, 3.05) is 26.9 Å². The molecule has 0 aromatic carbocycles. The summed E-state index contributed by atoms with van der Waals surface area (Å²) >= 11 is 0. The number of ether oxygens (including phenoxy) is 1. The first-order chi connectivity index (χ1) is 9.97. The van der Waals surface area contributed by atoms with E-state index in [4.69, 9.17) is 9.84 Å². The van der Waals surface area contributed by atoms with Crippen molar-refractivity contribution < 1.29 is 18.3 Å². The maximum atomic E-state index is 12.6. The maximum absolute atomic E-state index is 12.6. The molecule has 1 heterocycles. The summed E-state index contributed by atoms with van der Waals surface area (Å²) in [4.78, 5) is 3.99. The van der Waals surface area contributed by atoms with Gasteiger partial charge in [0.05, 0.1) is 6.61 Å². The molecule has 0 bridgehead atoms. The lowest BCUT2D eigenvalue weighted by molar-refractivity contribution is 0.142. The van der Waals surface area contributed by atoms with Crippen LogP contribution in [0.5, 0.6) is 0 Å². The Balaban J connectivity index is 3.16. The van der Waals surface area contributed by atoms with Crippen LogP contribution >= 0.6 is 0 Å². The number of hydrogen-bond acceptors (Lipinski definition) is 5. The van der Waals surface area contributed by atoms with Crippen molar-refractivity contribution in [3.05, 3.63) is 24.0 Å². The van der Waals surface area contributed by atoms with Gasteiger partial charge < -0.3 is 9.84 Å². The standard InChI is InChI=1S/C14H20N2O4S/c1-4-16(12(2)11-20-3)21(18,19)14-8-13(6-5-7-17)9-15-10-14/h8-10,12,17H,4,7,11H2,1-3H3. The van der Waals surface area contributed by atoms with Crippen molar-refractivity contribution in [1.82, 2.24) is 9.29 Å². The first-order valence-electron chi connectivity index (χ1n) is 6.52. The Morgan fingerprint density at radius 2 is 2.19 bits per heavy atom. The molecule has 1 N–H and O–H groups in total. The van der Waals surface area contributed by atoms with Crippen molar-refractivity contribution in [3.8, 4) is 11.8 Å². The molecule has 0 aliphatic rings. The summed E-state index contributed by atoms with van der Waals surface area (Å²) in [5, 5.41) is 8.68. The van der Waals surface area contributed by atoms with E-state index in [0.717, 1.165) is 0 Å². The Morgan fingerprint density at radius 1 is 1.48 bits per heavy atom. The van der Waals surface area contributed by atoms with Crippen molar-refractivity contribution in [2.24, 2.45) is 0 Å². The summed E-state index contributed by atoms with van der Waals surface area (Å²) in [5.74, 6) is 5.11. The highest BCUT2D eigenvalue weighted by atomic mass is 32.2. The van der Waals surface area contributed by atoms with Crippen LogP contribution in [0.3, 0.4) is 0 Å². The molecule has 1 rings (SSSR count). The number of hydrogen-bond donors (Lipinski definition) is 1. The minimum atomic E-state index is -3.66. The van der Waals surface area contributed by atoms with Gasteiger partial charge in [-0.1, -0.05) is 18.8 Å². The summed E-state index contributed by atoms with van der Waals surface area (Å²) in [7, 11) is -2.13. The van der Waals surface area contributed by atoms with Gasteiger partial charge in [-0.3, -0.25) is 4.98 Å². The minimum Gasteiger partial charge on any atom is -0.384 e. The monoisotopic (exact) mass is 312 g/mol. The average molecular weight is 312 g/mol. The number of nitrogens with zero attached hydrogens (tertiary/aromatic N) is 2. The van der Waals surface area contributed by atoms with Crippen molar-refractivity contribution in [1.29, 1.82) is 0 Å². The molecule has 1 aromatic rings. The van der Waals surface area contributed by atoms with Crippen molar-refractivity contribution in [3.63, 3.8) is 0 Å². The molecule has 0 radical (unpaired) electrons. The van der Waals surface area contributed by atoms with Gasteiger partial charge in [0.1, 0.15) is 11.5 Å². The van der Waals surface area contributed by atoms with E-state index in [1.807, 2.05) is 0 Å². The summed E-state index contributed by atoms with van der Waals surface area (Å²) in [6.07, 6.45) is 2.75. The maximum Gasteiger partial charge on any atom is 0.244 e. The number of sulfonamides is 1. The van der Waals surface area contributed by atoms with E-state index >= 15 is 0 Å². The fourth-order valence-electron chi connectivity index (χ4n) is 1.95. The van der Waals surface area contributed by atoms with E-state index in [0.29, 0.717) is 18.7 Å². The van der Waals surface area contributed by atoms with Gasteiger partial charge in [0.25, 0.3) is 0 Å². The molecule has 0 saturated carbocycles. The van der Waals surface area contributed by atoms with Crippen LogP contribution in [-0.4, -0.2) is 55.7 Å². The van der Waals surface area contributed by atoms with Crippen LogP contribution in [-0.2, 0) is 14.8 Å². The molecule has 0 saturated heterocycles. The summed E-state index contributed by atoms with van der Waals surface area (Å²) in [5.41, 5.74) is 0.445. The predicted molar refractivity (Wildman–Crippen MR) is 79.1 cm³/mol. The number of methoxy groups -OCH3 is 1. The van der Waals surface area contributed by atoms with Crippen LogP contribution in [0.15, 0.2) is 23.4 Å². The molecule has 21 heavy (non-hydrogen) atoms. The molecule has 0 fully saturated rings. The van der Waals surface area contributed by atoms with Crippen molar-refractivity contribution in [2.45, 2.75) is 24.8 Å². The van der Waals surface area contributed by atoms with Crippen LogP contribution in [0, 0.1) is 11.8 Å². The third kappa shape index (κ3) is 4.51. The number of aliphatic hydroxyl groups is 1. The summed E-state index contributed by atoms with van der Waals surface area (Å²) < 4.78 is 31.7. The van der Waals surface area contributed by atoms with Gasteiger partial charge in [-0.25, -0.2) is 8.42 Å². The lowest BCUT2D eigenvalue weighted by atomic mass is 10.3. The van der Waals surface area contributed by atoms with E-state index in [9.17, 15) is 8.42 Å². The van der Waals surface area contributed by atoms with Crippen LogP contribution < -0.4 is 0 Å². The SMILES string of the molecule is CCN(C(C)COC)S(=O)(=O)c1cncc(C#CCO)c1. The molecular formula is C14H20N2O4S. The number of pyridine rings is 1. The summed E-state index contributed by atoms with van der Waals surface area (Å²) in [6, 6.07) is 1.17. The van der Waals surface area contributed by atoms with Gasteiger partial charge >= 0.3 is 0 Å². The quantitative estimate of drug-likeness (QED) is 0.773. The van der Waals surface area contributed by atoms with Gasteiger partial charge in [-0.05, 0) is 13.0 Å². The summed E-state index contributed by atoms with van der Waals surface area (Å²) in [6.45, 7) is 3.91. The topological polar surface area (TPSA) is 79.7 Å². The van der Waals surface area contributed by atoms with E-state index < -0.39 is 10.0 Å². The normalized spacial score (nSPS) is 12.8. The zero-order chi connectivity index (χ0) is 15.9. The first kappa shape index (κ1) is 17.6. The van der Waals surface area contributed by atoms with Crippen LogP contribution in [0.2, 0.25) is 0 Å². The van der Waals surface area contributed by atoms with Crippen LogP contribution in [0.4, 0.5) is 0 Å². The van der Waals surface area contributed by atoms with Crippen molar-refractivity contribution >= 4 is 10.0 Å². The molecule has 1 aromatic heterocycles. The Labute approximate surface area is 125 Å². The Kier molecular flexibility index (Phi) is 6.78. The van der Waals surface area contributed by atoms with E-state index in [-0.39, 0.29) is 17.5 Å². The molecule has 6 nitrogen and oxygen atoms in total. The third-order valence-corrected chi connectivity index (χ3v) is 4.90. The molecule has 116 valence electrons. The molecule has 0 aliphatic heterocycles. The smallest absolute Gasteiger partial charge is 0.244 e. The number of rotatable bonds is 6. The highest BCUT2D eigenvalue weighted by Gasteiger charge is 2.28. The average Bonchev–Trinajstić information content (AvgIpc) is 2.46. The largest absolute Gasteiger partial charge is 0.384 e. The highest BCUT2D eigenvalue weighted by molar-refractivity contribution is 7.89. The molecule has 0 aliphatic carbocycles. The molecule has 0 amide bonds.